The van der Waals surface area contributed by atoms with Crippen LogP contribution in [0.3, 0.4) is 0 Å². The molecule has 0 radical (unpaired) electrons. The molecule has 2 N–H and O–H groups in total. The van der Waals surface area contributed by atoms with Crippen LogP contribution in [0.5, 0.6) is 0 Å². The fraction of sp³-hybridized carbons (Fsp3) is 1.00. The van der Waals surface area contributed by atoms with E-state index in [1.54, 1.807) is 0 Å². The molecule has 1 atom stereocenters. The van der Waals surface area contributed by atoms with Gasteiger partial charge in [0.15, 0.2) is 0 Å². The van der Waals surface area contributed by atoms with E-state index in [0.29, 0.717) is 12.5 Å². The smallest absolute Gasteiger partial charge is 0.0434 e. The summed E-state index contributed by atoms with van der Waals surface area (Å²) >= 11 is 0. The van der Waals surface area contributed by atoms with Crippen molar-refractivity contribution in [2.75, 3.05) is 19.7 Å². The maximum Gasteiger partial charge on any atom is 0.0434 e. The van der Waals surface area contributed by atoms with Gasteiger partial charge in [-0.1, -0.05) is 13.3 Å². The lowest BCUT2D eigenvalue weighted by Crippen LogP contribution is -2.25. The highest BCUT2D eigenvalue weighted by atomic mass is 16.3. The van der Waals surface area contributed by atoms with Gasteiger partial charge < -0.3 is 10.4 Å². The van der Waals surface area contributed by atoms with Crippen LogP contribution in [0.1, 0.15) is 39.0 Å². The van der Waals surface area contributed by atoms with Gasteiger partial charge in [-0.25, -0.2) is 0 Å². The maximum atomic E-state index is 8.86. The molecular weight excluding hydrogens is 162 g/mol. The number of aliphatic hydroxyl groups excluding tert-OH is 1. The Morgan fingerprint density at radius 1 is 1.38 bits per heavy atom. The second-order valence-electron chi connectivity index (χ2n) is 4.27. The summed E-state index contributed by atoms with van der Waals surface area (Å²) in [4.78, 5) is 0. The summed E-state index contributed by atoms with van der Waals surface area (Å²) < 4.78 is 0. The first-order valence-corrected chi connectivity index (χ1v) is 5.68. The molecule has 0 amide bonds. The van der Waals surface area contributed by atoms with E-state index in [9.17, 15) is 0 Å². The average Bonchev–Trinajstić information content (AvgIpc) is 2.89. The van der Waals surface area contributed by atoms with Gasteiger partial charge in [-0.2, -0.15) is 0 Å². The molecule has 1 fully saturated rings. The largest absolute Gasteiger partial charge is 0.396 e. The van der Waals surface area contributed by atoms with Crippen molar-refractivity contribution in [1.29, 1.82) is 0 Å². The van der Waals surface area contributed by atoms with Crippen molar-refractivity contribution < 1.29 is 5.11 Å². The van der Waals surface area contributed by atoms with Crippen LogP contribution in [0.25, 0.3) is 0 Å². The van der Waals surface area contributed by atoms with Crippen LogP contribution in [-0.4, -0.2) is 24.8 Å². The van der Waals surface area contributed by atoms with Gasteiger partial charge in [-0.05, 0) is 50.6 Å². The predicted molar refractivity (Wildman–Crippen MR) is 55.7 cm³/mol. The molecule has 78 valence electrons. The summed E-state index contributed by atoms with van der Waals surface area (Å²) in [6.45, 7) is 4.86. The van der Waals surface area contributed by atoms with Crippen molar-refractivity contribution in [3.05, 3.63) is 0 Å². The number of nitrogens with one attached hydrogen (secondary N) is 1. The summed E-state index contributed by atoms with van der Waals surface area (Å²) in [5, 5.41) is 12.4. The Balaban J connectivity index is 1.98. The predicted octanol–water partition coefficient (Wildman–Crippen LogP) is 1.78. The molecule has 2 nitrogen and oxygen atoms in total. The third-order valence-corrected chi connectivity index (χ3v) is 2.80. The summed E-state index contributed by atoms with van der Waals surface area (Å²) in [6, 6.07) is 0. The standard InChI is InChI=1S/C11H23NO/c1-2-3-10(6-7-13)8-12-9-11-4-5-11/h10-13H,2-9H2,1H3. The lowest BCUT2D eigenvalue weighted by atomic mass is 10.0. The first kappa shape index (κ1) is 11.0. The van der Waals surface area contributed by atoms with Gasteiger partial charge in [0.1, 0.15) is 0 Å². The zero-order chi connectivity index (χ0) is 9.52. The third kappa shape index (κ3) is 5.27. The highest BCUT2D eigenvalue weighted by Gasteiger charge is 2.20. The van der Waals surface area contributed by atoms with Crippen molar-refractivity contribution >= 4 is 0 Å². The molecule has 1 unspecified atom stereocenters. The summed E-state index contributed by atoms with van der Waals surface area (Å²) in [5.74, 6) is 1.66. The van der Waals surface area contributed by atoms with E-state index >= 15 is 0 Å². The van der Waals surface area contributed by atoms with E-state index in [1.165, 1.54) is 32.2 Å². The minimum Gasteiger partial charge on any atom is -0.396 e. The Morgan fingerprint density at radius 2 is 2.15 bits per heavy atom. The molecule has 1 rings (SSSR count). The number of hydrogen-bond acceptors (Lipinski definition) is 2. The number of rotatable bonds is 8. The van der Waals surface area contributed by atoms with Crippen LogP contribution in [0, 0.1) is 11.8 Å². The topological polar surface area (TPSA) is 32.3 Å². The van der Waals surface area contributed by atoms with Gasteiger partial charge in [0.2, 0.25) is 0 Å². The third-order valence-electron chi connectivity index (χ3n) is 2.80. The minimum atomic E-state index is 0.343. The molecule has 0 spiro atoms. The molecule has 1 aliphatic carbocycles. The average molecular weight is 185 g/mol. The van der Waals surface area contributed by atoms with Crippen LogP contribution in [0.15, 0.2) is 0 Å². The Morgan fingerprint density at radius 3 is 2.69 bits per heavy atom. The van der Waals surface area contributed by atoms with Gasteiger partial charge in [0, 0.05) is 6.61 Å². The van der Waals surface area contributed by atoms with E-state index in [0.717, 1.165) is 18.9 Å². The molecule has 0 saturated heterocycles. The first-order valence-electron chi connectivity index (χ1n) is 5.68. The normalized spacial score (nSPS) is 18.9. The molecule has 0 aromatic carbocycles. The highest BCUT2D eigenvalue weighted by molar-refractivity contribution is 4.76. The highest BCUT2D eigenvalue weighted by Crippen LogP contribution is 2.27. The molecule has 2 heteroatoms. The second kappa shape index (κ2) is 6.39. The van der Waals surface area contributed by atoms with Gasteiger partial charge in [0.05, 0.1) is 0 Å². The Labute approximate surface area is 81.7 Å². The molecule has 0 heterocycles. The fourth-order valence-electron chi connectivity index (χ4n) is 1.75. The summed E-state index contributed by atoms with van der Waals surface area (Å²) in [7, 11) is 0. The van der Waals surface area contributed by atoms with Crippen LogP contribution in [-0.2, 0) is 0 Å². The van der Waals surface area contributed by atoms with Crippen molar-refractivity contribution in [2.45, 2.75) is 39.0 Å². The molecule has 0 aromatic rings. The van der Waals surface area contributed by atoms with Gasteiger partial charge in [-0.3, -0.25) is 0 Å². The van der Waals surface area contributed by atoms with Crippen LogP contribution >= 0.6 is 0 Å². The zero-order valence-electron chi connectivity index (χ0n) is 8.76. The lowest BCUT2D eigenvalue weighted by molar-refractivity contribution is 0.248. The van der Waals surface area contributed by atoms with Crippen molar-refractivity contribution in [2.24, 2.45) is 11.8 Å². The van der Waals surface area contributed by atoms with Crippen molar-refractivity contribution in [3.63, 3.8) is 0 Å². The number of aliphatic hydroxyl groups is 1. The van der Waals surface area contributed by atoms with E-state index in [2.05, 4.69) is 12.2 Å². The van der Waals surface area contributed by atoms with E-state index in [4.69, 9.17) is 5.11 Å². The van der Waals surface area contributed by atoms with E-state index in [-0.39, 0.29) is 0 Å². The molecule has 1 aliphatic rings. The Kier molecular flexibility index (Phi) is 5.40. The lowest BCUT2D eigenvalue weighted by Gasteiger charge is -2.15. The molecular formula is C11H23NO. The van der Waals surface area contributed by atoms with Crippen molar-refractivity contribution in [3.8, 4) is 0 Å². The molecule has 0 aliphatic heterocycles. The summed E-state index contributed by atoms with van der Waals surface area (Å²) in [5.41, 5.74) is 0. The molecule has 0 bridgehead atoms. The molecule has 13 heavy (non-hydrogen) atoms. The maximum absolute atomic E-state index is 8.86. The van der Waals surface area contributed by atoms with Gasteiger partial charge >= 0.3 is 0 Å². The minimum absolute atomic E-state index is 0.343. The number of hydrogen-bond donors (Lipinski definition) is 2. The second-order valence-corrected chi connectivity index (χ2v) is 4.27. The zero-order valence-corrected chi connectivity index (χ0v) is 8.76. The first-order chi connectivity index (χ1) is 6.36. The van der Waals surface area contributed by atoms with Gasteiger partial charge in [-0.15, -0.1) is 0 Å². The van der Waals surface area contributed by atoms with Crippen LogP contribution < -0.4 is 5.32 Å². The van der Waals surface area contributed by atoms with Crippen molar-refractivity contribution in [1.82, 2.24) is 5.32 Å². The monoisotopic (exact) mass is 185 g/mol. The van der Waals surface area contributed by atoms with Gasteiger partial charge in [0.25, 0.3) is 0 Å². The van der Waals surface area contributed by atoms with Crippen LogP contribution in [0.2, 0.25) is 0 Å². The summed E-state index contributed by atoms with van der Waals surface area (Å²) in [6.07, 6.45) is 6.29. The Bertz CT molecular complexity index is 117. The molecule has 1 saturated carbocycles. The Hall–Kier alpha value is -0.0800. The SMILES string of the molecule is CCCC(CCO)CNCC1CC1. The van der Waals surface area contributed by atoms with Crippen LogP contribution in [0.4, 0.5) is 0 Å². The van der Waals surface area contributed by atoms with E-state index < -0.39 is 0 Å². The fourth-order valence-corrected chi connectivity index (χ4v) is 1.75. The van der Waals surface area contributed by atoms with E-state index in [1.807, 2.05) is 0 Å². The molecule has 0 aromatic heterocycles. The quantitative estimate of drug-likeness (QED) is 0.604.